The summed E-state index contributed by atoms with van der Waals surface area (Å²) in [4.78, 5) is 12.1. The third-order valence-electron chi connectivity index (χ3n) is 2.94. The number of carbonyl (C=O) groups is 1. The summed E-state index contributed by atoms with van der Waals surface area (Å²) in [5.41, 5.74) is -0.661. The van der Waals surface area contributed by atoms with E-state index in [1.54, 1.807) is 12.1 Å². The summed E-state index contributed by atoms with van der Waals surface area (Å²) >= 11 is 5.87. The van der Waals surface area contributed by atoms with Gasteiger partial charge in [0.15, 0.2) is 5.78 Å². The van der Waals surface area contributed by atoms with Crippen LogP contribution in [0.3, 0.4) is 0 Å². The molecule has 0 aliphatic rings. The van der Waals surface area contributed by atoms with Gasteiger partial charge in [-0.05, 0) is 18.2 Å². The Morgan fingerprint density at radius 3 is 2.14 bits per heavy atom. The first kappa shape index (κ1) is 15.5. The van der Waals surface area contributed by atoms with Crippen molar-refractivity contribution in [2.24, 2.45) is 0 Å². The van der Waals surface area contributed by atoms with Gasteiger partial charge in [0.1, 0.15) is 6.10 Å². The van der Waals surface area contributed by atoms with Crippen LogP contribution in [0.1, 0.15) is 27.6 Å². The quantitative estimate of drug-likeness (QED) is 0.859. The fourth-order valence-corrected chi connectivity index (χ4v) is 2.06. The number of aliphatic hydroxyl groups is 1. The Balaban J connectivity index is 2.26. The minimum atomic E-state index is -4.47. The lowest BCUT2D eigenvalue weighted by molar-refractivity contribution is -0.137. The smallest absolute Gasteiger partial charge is 0.380 e. The van der Waals surface area contributed by atoms with Gasteiger partial charge >= 0.3 is 6.18 Å². The van der Waals surface area contributed by atoms with Crippen LogP contribution < -0.4 is 0 Å². The molecule has 2 nitrogen and oxygen atoms in total. The first-order valence-electron chi connectivity index (χ1n) is 5.94. The van der Waals surface area contributed by atoms with E-state index < -0.39 is 23.6 Å². The normalized spacial score (nSPS) is 13.0. The van der Waals surface area contributed by atoms with Crippen molar-refractivity contribution >= 4 is 17.4 Å². The molecule has 0 saturated heterocycles. The van der Waals surface area contributed by atoms with Crippen molar-refractivity contribution in [1.29, 1.82) is 0 Å². The van der Waals surface area contributed by atoms with Gasteiger partial charge in [-0.3, -0.25) is 4.79 Å². The number of rotatable bonds is 3. The van der Waals surface area contributed by atoms with Gasteiger partial charge in [-0.15, -0.1) is 0 Å². The van der Waals surface area contributed by atoms with Gasteiger partial charge in [-0.1, -0.05) is 41.9 Å². The molecule has 2 aromatic carbocycles. The molecule has 0 aliphatic heterocycles. The summed E-state index contributed by atoms with van der Waals surface area (Å²) in [6.07, 6.45) is -5.99. The number of hydrogen-bond donors (Lipinski definition) is 1. The van der Waals surface area contributed by atoms with E-state index in [0.717, 1.165) is 24.3 Å². The SMILES string of the molecule is O=C(c1ccc(C(F)(F)F)cc1)[C@H](O)c1ccccc1Cl. The van der Waals surface area contributed by atoms with Crippen LogP contribution in [0, 0.1) is 0 Å². The number of hydrogen-bond acceptors (Lipinski definition) is 2. The van der Waals surface area contributed by atoms with Crippen LogP contribution in [0.15, 0.2) is 48.5 Å². The summed E-state index contributed by atoms with van der Waals surface area (Å²) in [5, 5.41) is 10.2. The lowest BCUT2D eigenvalue weighted by atomic mass is 9.99. The summed E-state index contributed by atoms with van der Waals surface area (Å²) in [6.45, 7) is 0. The Hall–Kier alpha value is -1.85. The van der Waals surface area contributed by atoms with Crippen molar-refractivity contribution in [3.05, 3.63) is 70.2 Å². The zero-order valence-corrected chi connectivity index (χ0v) is 11.3. The van der Waals surface area contributed by atoms with Gasteiger partial charge in [0.2, 0.25) is 0 Å². The molecule has 0 aliphatic carbocycles. The van der Waals surface area contributed by atoms with Crippen molar-refractivity contribution in [3.8, 4) is 0 Å². The van der Waals surface area contributed by atoms with E-state index in [0.29, 0.717) is 0 Å². The zero-order valence-electron chi connectivity index (χ0n) is 10.6. The predicted octanol–water partition coefficient (Wildman–Crippen LogP) is 4.28. The second-order valence-corrected chi connectivity index (χ2v) is 4.77. The van der Waals surface area contributed by atoms with E-state index in [9.17, 15) is 23.1 Å². The van der Waals surface area contributed by atoms with Crippen LogP contribution in [0.25, 0.3) is 0 Å². The Morgan fingerprint density at radius 2 is 1.62 bits per heavy atom. The third kappa shape index (κ3) is 3.43. The van der Waals surface area contributed by atoms with E-state index in [4.69, 9.17) is 11.6 Å². The molecule has 0 aromatic heterocycles. The van der Waals surface area contributed by atoms with E-state index >= 15 is 0 Å². The van der Waals surface area contributed by atoms with Crippen molar-refractivity contribution in [2.75, 3.05) is 0 Å². The summed E-state index contributed by atoms with van der Waals surface area (Å²) in [7, 11) is 0. The fourth-order valence-electron chi connectivity index (χ4n) is 1.82. The first-order valence-corrected chi connectivity index (χ1v) is 6.32. The number of benzene rings is 2. The van der Waals surface area contributed by atoms with Gasteiger partial charge in [0.25, 0.3) is 0 Å². The maximum Gasteiger partial charge on any atom is 0.416 e. The molecule has 6 heteroatoms. The highest BCUT2D eigenvalue weighted by Gasteiger charge is 2.30. The monoisotopic (exact) mass is 314 g/mol. The molecule has 0 saturated carbocycles. The molecule has 1 N–H and O–H groups in total. The van der Waals surface area contributed by atoms with Crippen LogP contribution in [0.4, 0.5) is 13.2 Å². The molecule has 0 spiro atoms. The maximum absolute atomic E-state index is 12.4. The molecule has 2 rings (SSSR count). The van der Waals surface area contributed by atoms with Crippen molar-refractivity contribution in [2.45, 2.75) is 12.3 Å². The Morgan fingerprint density at radius 1 is 1.05 bits per heavy atom. The van der Waals surface area contributed by atoms with Crippen molar-refractivity contribution in [1.82, 2.24) is 0 Å². The number of halogens is 4. The molecule has 0 amide bonds. The predicted molar refractivity (Wildman–Crippen MR) is 72.2 cm³/mol. The molecule has 0 radical (unpaired) electrons. The highest BCUT2D eigenvalue weighted by molar-refractivity contribution is 6.31. The molecule has 21 heavy (non-hydrogen) atoms. The maximum atomic E-state index is 12.4. The third-order valence-corrected chi connectivity index (χ3v) is 3.29. The second kappa shape index (κ2) is 5.87. The van der Waals surface area contributed by atoms with Crippen LogP contribution >= 0.6 is 11.6 Å². The van der Waals surface area contributed by atoms with Crippen LogP contribution in [-0.2, 0) is 6.18 Å². The van der Waals surface area contributed by atoms with Gasteiger partial charge < -0.3 is 5.11 Å². The Labute approximate surface area is 123 Å². The van der Waals surface area contributed by atoms with E-state index in [2.05, 4.69) is 0 Å². The lowest BCUT2D eigenvalue weighted by Gasteiger charge is -2.12. The molecule has 1 atom stereocenters. The minimum absolute atomic E-state index is 0.0181. The second-order valence-electron chi connectivity index (χ2n) is 4.36. The Bertz CT molecular complexity index is 651. The van der Waals surface area contributed by atoms with Gasteiger partial charge in [-0.2, -0.15) is 13.2 Å². The number of aliphatic hydroxyl groups excluding tert-OH is 1. The van der Waals surface area contributed by atoms with Crippen LogP contribution in [0.2, 0.25) is 5.02 Å². The number of carbonyl (C=O) groups excluding carboxylic acids is 1. The highest BCUT2D eigenvalue weighted by Crippen LogP contribution is 2.30. The molecule has 2 aromatic rings. The largest absolute Gasteiger partial charge is 0.416 e. The van der Waals surface area contributed by atoms with E-state index in [-0.39, 0.29) is 16.1 Å². The molecular formula is C15H10ClF3O2. The first-order chi connectivity index (χ1) is 9.80. The van der Waals surface area contributed by atoms with E-state index in [1.165, 1.54) is 12.1 Å². The minimum Gasteiger partial charge on any atom is -0.380 e. The van der Waals surface area contributed by atoms with Gasteiger partial charge in [0, 0.05) is 16.1 Å². The summed E-state index contributed by atoms with van der Waals surface area (Å²) < 4.78 is 37.3. The number of Topliss-reactive ketones (excluding diaryl/α,β-unsaturated/α-hetero) is 1. The van der Waals surface area contributed by atoms with E-state index in [1.807, 2.05) is 0 Å². The van der Waals surface area contributed by atoms with Gasteiger partial charge in [-0.25, -0.2) is 0 Å². The Kier molecular flexibility index (Phi) is 4.34. The molecule has 0 bridgehead atoms. The average Bonchev–Trinajstić information content (AvgIpc) is 2.45. The number of ketones is 1. The zero-order chi connectivity index (χ0) is 15.6. The van der Waals surface area contributed by atoms with Crippen LogP contribution in [-0.4, -0.2) is 10.9 Å². The molecule has 0 fully saturated rings. The van der Waals surface area contributed by atoms with Crippen molar-refractivity contribution < 1.29 is 23.1 Å². The standard InChI is InChI=1S/C15H10ClF3O2/c16-12-4-2-1-3-11(12)14(21)13(20)9-5-7-10(8-6-9)15(17,18)19/h1-8,14,21H/t14-/m1/s1. The lowest BCUT2D eigenvalue weighted by Crippen LogP contribution is -2.13. The summed E-state index contributed by atoms with van der Waals surface area (Å²) in [6, 6.07) is 9.90. The summed E-state index contributed by atoms with van der Waals surface area (Å²) in [5.74, 6) is -0.711. The number of alkyl halides is 3. The average molecular weight is 315 g/mol. The molecule has 0 heterocycles. The topological polar surface area (TPSA) is 37.3 Å². The molecular weight excluding hydrogens is 305 g/mol. The highest BCUT2D eigenvalue weighted by atomic mass is 35.5. The van der Waals surface area contributed by atoms with Gasteiger partial charge in [0.05, 0.1) is 5.56 Å². The molecule has 110 valence electrons. The van der Waals surface area contributed by atoms with Crippen molar-refractivity contribution in [3.63, 3.8) is 0 Å². The van der Waals surface area contributed by atoms with Crippen LogP contribution in [0.5, 0.6) is 0 Å². The fraction of sp³-hybridized carbons (Fsp3) is 0.133. The molecule has 0 unspecified atom stereocenters.